The predicted octanol–water partition coefficient (Wildman–Crippen LogP) is 4.58. The molecule has 3 rings (SSSR count). The second-order valence-electron chi connectivity index (χ2n) is 8.48. The van der Waals surface area contributed by atoms with Gasteiger partial charge in [0, 0.05) is 29.2 Å². The monoisotopic (exact) mass is 525 g/mol. The minimum absolute atomic E-state index is 0.148. The number of benzene rings is 2. The van der Waals surface area contributed by atoms with Crippen LogP contribution in [0.4, 0.5) is 23.2 Å². The molecule has 0 spiro atoms. The Kier molecular flexibility index (Phi) is 8.33. The lowest BCUT2D eigenvalue weighted by Crippen LogP contribution is -2.59. The molecule has 0 bridgehead atoms. The number of alkyl halides is 3. The van der Waals surface area contributed by atoms with E-state index < -0.39 is 42.8 Å². The number of nitrogens with one attached hydrogen (secondary N) is 1. The molecule has 4 N–H and O–H groups in total. The summed E-state index contributed by atoms with van der Waals surface area (Å²) < 4.78 is 55.4. The summed E-state index contributed by atoms with van der Waals surface area (Å²) >= 11 is 6.01. The third-order valence-corrected chi connectivity index (χ3v) is 6.24. The summed E-state index contributed by atoms with van der Waals surface area (Å²) in [6.45, 7) is 7.90. The summed E-state index contributed by atoms with van der Waals surface area (Å²) in [7, 11) is 0. The number of nitrogens with two attached hydrogens (primary N) is 1. The van der Waals surface area contributed by atoms with Crippen LogP contribution in [0, 0.1) is 11.7 Å². The average molecular weight is 526 g/mol. The van der Waals surface area contributed by atoms with Gasteiger partial charge < -0.3 is 21.1 Å². The normalized spacial score (nSPS) is 19.2. The largest absolute Gasteiger partial charge is 0.420 e. The summed E-state index contributed by atoms with van der Waals surface area (Å²) in [5.74, 6) is -1.08. The zero-order chi connectivity index (χ0) is 26.7. The maximum atomic E-state index is 14.1. The first-order chi connectivity index (χ1) is 16.9. The molecule has 36 heavy (non-hydrogen) atoms. The molecule has 194 valence electrons. The van der Waals surface area contributed by atoms with Crippen LogP contribution < -0.4 is 16.1 Å². The lowest BCUT2D eigenvalue weighted by molar-refractivity contribution is -0.260. The van der Waals surface area contributed by atoms with Crippen molar-refractivity contribution in [1.29, 1.82) is 0 Å². The molecular weight excluding hydrogens is 498 g/mol. The van der Waals surface area contributed by atoms with E-state index in [0.29, 0.717) is 22.0 Å². The number of hydrazone groups is 1. The molecule has 1 aliphatic heterocycles. The van der Waals surface area contributed by atoms with Crippen molar-refractivity contribution in [2.45, 2.75) is 24.9 Å². The fraction of sp³-hybridized carbons (Fsp3) is 0.320. The van der Waals surface area contributed by atoms with Crippen LogP contribution in [-0.2, 0) is 0 Å². The minimum atomic E-state index is -4.96. The van der Waals surface area contributed by atoms with E-state index in [0.717, 1.165) is 0 Å². The Bertz CT molecular complexity index is 1120. The number of nitrogens with zero attached hydrogens (tertiary/aromatic N) is 3. The Morgan fingerprint density at radius 3 is 2.47 bits per heavy atom. The van der Waals surface area contributed by atoms with E-state index in [1.165, 1.54) is 40.4 Å². The third-order valence-electron chi connectivity index (χ3n) is 6.00. The number of halogens is 5. The van der Waals surface area contributed by atoms with Gasteiger partial charge in [0.25, 0.3) is 0 Å². The summed E-state index contributed by atoms with van der Waals surface area (Å²) in [6, 6.07) is 12.0. The van der Waals surface area contributed by atoms with E-state index in [1.807, 2.05) is 0 Å². The molecule has 0 amide bonds. The standard InChI is InChI=1S/C25H28ClF4N5O/c1-4-34(17(3)18-6-5-7-19(26)12-18)15-24(36,25(28,29)30)14-32-16(2)22-13-33-35(23(22)31)21-10-8-20(27)9-11-21/h5-13,22-23,32,36H,2-4,14-15,31H2,1H3. The molecule has 0 fully saturated rings. The maximum Gasteiger partial charge on any atom is 0.420 e. The molecule has 3 unspecified atom stereocenters. The van der Waals surface area contributed by atoms with Gasteiger partial charge in [-0.05, 0) is 48.9 Å². The van der Waals surface area contributed by atoms with Gasteiger partial charge in [-0.1, -0.05) is 36.9 Å². The Morgan fingerprint density at radius 1 is 1.22 bits per heavy atom. The van der Waals surface area contributed by atoms with Gasteiger partial charge >= 0.3 is 6.18 Å². The van der Waals surface area contributed by atoms with Gasteiger partial charge in [0.2, 0.25) is 0 Å². The van der Waals surface area contributed by atoms with Crippen molar-refractivity contribution in [3.63, 3.8) is 0 Å². The summed E-state index contributed by atoms with van der Waals surface area (Å²) in [5, 5.41) is 19.4. The van der Waals surface area contributed by atoms with Crippen LogP contribution in [0.15, 0.2) is 72.5 Å². The van der Waals surface area contributed by atoms with E-state index in [-0.39, 0.29) is 12.2 Å². The highest BCUT2D eigenvalue weighted by Crippen LogP contribution is 2.34. The van der Waals surface area contributed by atoms with Gasteiger partial charge in [-0.25, -0.2) is 9.40 Å². The molecule has 11 heteroatoms. The van der Waals surface area contributed by atoms with Crippen molar-refractivity contribution in [3.05, 3.63) is 83.8 Å². The molecular formula is C25H28ClF4N5O. The number of aliphatic hydroxyl groups is 1. The second kappa shape index (κ2) is 10.9. The average Bonchev–Trinajstić information content (AvgIpc) is 3.21. The molecule has 2 aromatic rings. The van der Waals surface area contributed by atoms with Crippen LogP contribution >= 0.6 is 11.6 Å². The van der Waals surface area contributed by atoms with Crippen molar-refractivity contribution in [2.75, 3.05) is 24.6 Å². The van der Waals surface area contributed by atoms with E-state index in [1.54, 1.807) is 31.2 Å². The molecule has 1 aliphatic rings. The molecule has 0 saturated carbocycles. The number of rotatable bonds is 10. The van der Waals surface area contributed by atoms with Crippen molar-refractivity contribution in [3.8, 4) is 0 Å². The highest BCUT2D eigenvalue weighted by molar-refractivity contribution is 6.30. The quantitative estimate of drug-likeness (QED) is 0.396. The van der Waals surface area contributed by atoms with Crippen molar-refractivity contribution in [1.82, 2.24) is 10.2 Å². The number of anilines is 1. The van der Waals surface area contributed by atoms with E-state index in [2.05, 4.69) is 23.6 Å². The zero-order valence-corrected chi connectivity index (χ0v) is 20.4. The molecule has 3 atom stereocenters. The van der Waals surface area contributed by atoms with Crippen LogP contribution in [0.1, 0.15) is 12.5 Å². The van der Waals surface area contributed by atoms with Crippen LogP contribution in [0.2, 0.25) is 5.02 Å². The van der Waals surface area contributed by atoms with E-state index in [4.69, 9.17) is 17.3 Å². The zero-order valence-electron chi connectivity index (χ0n) is 19.6. The highest BCUT2D eigenvalue weighted by Gasteiger charge is 2.54. The van der Waals surface area contributed by atoms with Gasteiger partial charge in [-0.2, -0.15) is 18.3 Å². The summed E-state index contributed by atoms with van der Waals surface area (Å²) in [5.41, 5.74) is 4.59. The number of likely N-dealkylation sites (N-methyl/N-ethyl adjacent to an activating group) is 1. The first-order valence-electron chi connectivity index (χ1n) is 11.1. The molecule has 0 aromatic heterocycles. The molecule has 0 radical (unpaired) electrons. The van der Waals surface area contributed by atoms with Crippen molar-refractivity contribution in [2.24, 2.45) is 16.8 Å². The van der Waals surface area contributed by atoms with Gasteiger partial charge in [0.05, 0.1) is 24.7 Å². The Labute approximate surface area is 212 Å². The first-order valence-corrected chi connectivity index (χ1v) is 11.5. The lowest BCUT2D eigenvalue weighted by Gasteiger charge is -2.38. The fourth-order valence-electron chi connectivity index (χ4n) is 3.78. The van der Waals surface area contributed by atoms with Crippen LogP contribution in [-0.4, -0.2) is 53.8 Å². The molecule has 1 heterocycles. The van der Waals surface area contributed by atoms with Gasteiger partial charge in [-0.3, -0.25) is 0 Å². The topological polar surface area (TPSA) is 77.1 Å². The molecule has 2 aromatic carbocycles. The van der Waals surface area contributed by atoms with E-state index in [9.17, 15) is 22.7 Å². The maximum absolute atomic E-state index is 14.1. The predicted molar refractivity (Wildman–Crippen MR) is 135 cm³/mol. The fourth-order valence-corrected chi connectivity index (χ4v) is 3.97. The highest BCUT2D eigenvalue weighted by atomic mass is 35.5. The Balaban J connectivity index is 1.70. The van der Waals surface area contributed by atoms with Gasteiger partial charge in [-0.15, -0.1) is 0 Å². The first kappa shape index (κ1) is 27.5. The van der Waals surface area contributed by atoms with Crippen LogP contribution in [0.25, 0.3) is 5.70 Å². The third kappa shape index (κ3) is 6.00. The van der Waals surface area contributed by atoms with Gasteiger partial charge in [0.1, 0.15) is 12.0 Å². The summed E-state index contributed by atoms with van der Waals surface area (Å²) in [4.78, 5) is 1.34. The smallest absolute Gasteiger partial charge is 0.385 e. The lowest BCUT2D eigenvalue weighted by atomic mass is 9.99. The number of hydrogen-bond donors (Lipinski definition) is 3. The molecule has 0 saturated heterocycles. The second-order valence-corrected chi connectivity index (χ2v) is 8.92. The van der Waals surface area contributed by atoms with Gasteiger partial charge in [0.15, 0.2) is 5.60 Å². The van der Waals surface area contributed by atoms with Crippen LogP contribution in [0.5, 0.6) is 0 Å². The Morgan fingerprint density at radius 2 is 1.89 bits per heavy atom. The number of hydrogen-bond acceptors (Lipinski definition) is 6. The van der Waals surface area contributed by atoms with Crippen molar-refractivity contribution >= 4 is 29.2 Å². The molecule has 6 nitrogen and oxygen atoms in total. The Hall–Kier alpha value is -3.08. The van der Waals surface area contributed by atoms with E-state index >= 15 is 0 Å². The minimum Gasteiger partial charge on any atom is -0.385 e. The van der Waals surface area contributed by atoms with Crippen LogP contribution in [0.3, 0.4) is 0 Å². The summed E-state index contributed by atoms with van der Waals surface area (Å²) in [6.07, 6.45) is -4.31. The van der Waals surface area contributed by atoms with Crippen molar-refractivity contribution < 1.29 is 22.7 Å². The SMILES string of the molecule is C=C(NCC(O)(CN(CC)C(=C)c1cccc(Cl)c1)C(F)(F)F)C1C=NN(c2ccc(F)cc2)C1N. The molecule has 0 aliphatic carbocycles.